The fraction of sp³-hybridized carbons (Fsp3) is 0.571. The smallest absolute Gasteiger partial charge is 0.128 e. The van der Waals surface area contributed by atoms with E-state index >= 15 is 0 Å². The minimum atomic E-state index is -0.0505. The fourth-order valence-corrected chi connectivity index (χ4v) is 2.93. The minimum Gasteiger partial charge on any atom is -0.304 e. The van der Waals surface area contributed by atoms with Gasteiger partial charge in [0.1, 0.15) is 5.82 Å². The van der Waals surface area contributed by atoms with E-state index in [4.69, 9.17) is 0 Å². The van der Waals surface area contributed by atoms with E-state index in [0.29, 0.717) is 6.04 Å². The molecule has 2 heteroatoms. The lowest BCUT2D eigenvalue weighted by atomic mass is 10.0. The molecule has 0 atom stereocenters. The standard InChI is InChI=1S/C14H18FN/c15-13-8-4-3-7-12(13)14(9-10-14)16-11-5-1-2-6-11/h3-4,7-8,11,16H,1-2,5-6,9-10H2. The van der Waals surface area contributed by atoms with E-state index in [2.05, 4.69) is 5.32 Å². The van der Waals surface area contributed by atoms with Crippen molar-refractivity contribution in [2.45, 2.75) is 50.1 Å². The molecule has 2 aliphatic rings. The number of halogens is 1. The maximum absolute atomic E-state index is 13.8. The summed E-state index contributed by atoms with van der Waals surface area (Å²) in [7, 11) is 0. The molecule has 0 saturated heterocycles. The number of benzene rings is 1. The second kappa shape index (κ2) is 3.85. The van der Waals surface area contributed by atoms with Gasteiger partial charge in [-0.15, -0.1) is 0 Å². The molecule has 86 valence electrons. The summed E-state index contributed by atoms with van der Waals surface area (Å²) in [6.45, 7) is 0. The molecule has 0 unspecified atom stereocenters. The van der Waals surface area contributed by atoms with Gasteiger partial charge in [-0.2, -0.15) is 0 Å². The number of hydrogen-bond donors (Lipinski definition) is 1. The Balaban J connectivity index is 1.80. The van der Waals surface area contributed by atoms with Crippen molar-refractivity contribution in [3.05, 3.63) is 35.6 Å². The van der Waals surface area contributed by atoms with Crippen molar-refractivity contribution >= 4 is 0 Å². The van der Waals surface area contributed by atoms with E-state index in [-0.39, 0.29) is 11.4 Å². The molecule has 1 nitrogen and oxygen atoms in total. The molecule has 0 bridgehead atoms. The van der Waals surface area contributed by atoms with Crippen LogP contribution < -0.4 is 5.32 Å². The Labute approximate surface area is 96.1 Å². The van der Waals surface area contributed by atoms with Crippen molar-refractivity contribution in [1.29, 1.82) is 0 Å². The van der Waals surface area contributed by atoms with Crippen LogP contribution in [0.5, 0.6) is 0 Å². The Kier molecular flexibility index (Phi) is 2.47. The Morgan fingerprint density at radius 3 is 2.44 bits per heavy atom. The molecule has 0 aromatic heterocycles. The molecule has 1 aromatic carbocycles. The summed E-state index contributed by atoms with van der Waals surface area (Å²) in [5, 5.41) is 3.68. The lowest BCUT2D eigenvalue weighted by molar-refractivity contribution is 0.410. The van der Waals surface area contributed by atoms with Crippen LogP contribution in [0.2, 0.25) is 0 Å². The first-order chi connectivity index (χ1) is 7.80. The van der Waals surface area contributed by atoms with E-state index in [1.54, 1.807) is 12.1 Å². The third-order valence-electron chi connectivity index (χ3n) is 3.98. The van der Waals surface area contributed by atoms with Gasteiger partial charge in [-0.3, -0.25) is 0 Å². The molecule has 0 spiro atoms. The summed E-state index contributed by atoms with van der Waals surface area (Å²) in [5.41, 5.74) is 0.849. The van der Waals surface area contributed by atoms with Gasteiger partial charge in [0.05, 0.1) is 0 Å². The topological polar surface area (TPSA) is 12.0 Å². The quantitative estimate of drug-likeness (QED) is 0.822. The zero-order chi connectivity index (χ0) is 11.0. The average Bonchev–Trinajstić information content (AvgIpc) is 2.87. The van der Waals surface area contributed by atoms with Gasteiger partial charge in [-0.05, 0) is 31.7 Å². The maximum Gasteiger partial charge on any atom is 0.128 e. The second-order valence-corrected chi connectivity index (χ2v) is 5.19. The molecule has 2 fully saturated rings. The monoisotopic (exact) mass is 219 g/mol. The van der Waals surface area contributed by atoms with Crippen LogP contribution >= 0.6 is 0 Å². The lowest BCUT2D eigenvalue weighted by Gasteiger charge is -2.23. The van der Waals surface area contributed by atoms with Crippen LogP contribution in [0.15, 0.2) is 24.3 Å². The van der Waals surface area contributed by atoms with Crippen molar-refractivity contribution < 1.29 is 4.39 Å². The van der Waals surface area contributed by atoms with Gasteiger partial charge in [-0.1, -0.05) is 31.0 Å². The zero-order valence-electron chi connectivity index (χ0n) is 9.51. The van der Waals surface area contributed by atoms with Crippen molar-refractivity contribution in [2.24, 2.45) is 0 Å². The maximum atomic E-state index is 13.8. The predicted molar refractivity (Wildman–Crippen MR) is 62.7 cm³/mol. The van der Waals surface area contributed by atoms with Crippen molar-refractivity contribution in [1.82, 2.24) is 5.32 Å². The first-order valence-electron chi connectivity index (χ1n) is 6.33. The molecule has 1 aromatic rings. The van der Waals surface area contributed by atoms with E-state index in [0.717, 1.165) is 18.4 Å². The van der Waals surface area contributed by atoms with Gasteiger partial charge < -0.3 is 5.32 Å². The second-order valence-electron chi connectivity index (χ2n) is 5.19. The number of hydrogen-bond acceptors (Lipinski definition) is 1. The van der Waals surface area contributed by atoms with Crippen LogP contribution in [0.25, 0.3) is 0 Å². The van der Waals surface area contributed by atoms with E-state index < -0.39 is 0 Å². The summed E-state index contributed by atoms with van der Waals surface area (Å²) in [5.74, 6) is -0.0505. The molecular weight excluding hydrogens is 201 g/mol. The molecule has 2 aliphatic carbocycles. The Morgan fingerprint density at radius 1 is 1.12 bits per heavy atom. The van der Waals surface area contributed by atoms with Gasteiger partial charge >= 0.3 is 0 Å². The van der Waals surface area contributed by atoms with E-state index in [1.807, 2.05) is 12.1 Å². The third-order valence-corrected chi connectivity index (χ3v) is 3.98. The first-order valence-corrected chi connectivity index (χ1v) is 6.33. The predicted octanol–water partition coefficient (Wildman–Crippen LogP) is 3.35. The molecule has 16 heavy (non-hydrogen) atoms. The SMILES string of the molecule is Fc1ccccc1C1(NC2CCCC2)CC1. The van der Waals surface area contributed by atoms with Crippen LogP contribution in [-0.4, -0.2) is 6.04 Å². The molecule has 0 amide bonds. The highest BCUT2D eigenvalue weighted by Crippen LogP contribution is 2.47. The van der Waals surface area contributed by atoms with Crippen LogP contribution in [0.3, 0.4) is 0 Å². The van der Waals surface area contributed by atoms with Gasteiger partial charge in [-0.25, -0.2) is 4.39 Å². The van der Waals surface area contributed by atoms with E-state index in [1.165, 1.54) is 25.7 Å². The molecule has 1 N–H and O–H groups in total. The van der Waals surface area contributed by atoms with Crippen LogP contribution in [0, 0.1) is 5.82 Å². The van der Waals surface area contributed by atoms with Crippen LogP contribution in [0.1, 0.15) is 44.1 Å². The minimum absolute atomic E-state index is 0.0274. The highest BCUT2D eigenvalue weighted by Gasteiger charge is 2.47. The summed E-state index contributed by atoms with van der Waals surface area (Å²) < 4.78 is 13.8. The van der Waals surface area contributed by atoms with Crippen molar-refractivity contribution in [3.63, 3.8) is 0 Å². The Morgan fingerprint density at radius 2 is 1.81 bits per heavy atom. The fourth-order valence-electron chi connectivity index (χ4n) is 2.93. The number of nitrogens with one attached hydrogen (secondary N) is 1. The van der Waals surface area contributed by atoms with Crippen molar-refractivity contribution in [3.8, 4) is 0 Å². The largest absolute Gasteiger partial charge is 0.304 e. The summed E-state index contributed by atoms with van der Waals surface area (Å²) in [4.78, 5) is 0. The lowest BCUT2D eigenvalue weighted by Crippen LogP contribution is -2.37. The highest BCUT2D eigenvalue weighted by molar-refractivity contribution is 5.31. The van der Waals surface area contributed by atoms with Crippen LogP contribution in [0.4, 0.5) is 4.39 Å². The van der Waals surface area contributed by atoms with Gasteiger partial charge in [0, 0.05) is 17.1 Å². The molecular formula is C14H18FN. The van der Waals surface area contributed by atoms with Gasteiger partial charge in [0.15, 0.2) is 0 Å². The highest BCUT2D eigenvalue weighted by atomic mass is 19.1. The van der Waals surface area contributed by atoms with E-state index in [9.17, 15) is 4.39 Å². The van der Waals surface area contributed by atoms with Gasteiger partial charge in [0.2, 0.25) is 0 Å². The zero-order valence-corrected chi connectivity index (χ0v) is 9.51. The van der Waals surface area contributed by atoms with Gasteiger partial charge in [0.25, 0.3) is 0 Å². The Bertz CT molecular complexity index is 378. The molecule has 3 rings (SSSR count). The molecule has 0 heterocycles. The number of rotatable bonds is 3. The third kappa shape index (κ3) is 1.75. The molecule has 0 radical (unpaired) electrons. The average molecular weight is 219 g/mol. The first kappa shape index (κ1) is 10.3. The Hall–Kier alpha value is -0.890. The summed E-state index contributed by atoms with van der Waals surface area (Å²) in [6, 6.07) is 7.83. The molecule has 0 aliphatic heterocycles. The summed E-state index contributed by atoms with van der Waals surface area (Å²) in [6.07, 6.45) is 7.34. The van der Waals surface area contributed by atoms with Crippen LogP contribution in [-0.2, 0) is 5.54 Å². The molecule has 2 saturated carbocycles. The van der Waals surface area contributed by atoms with Crippen molar-refractivity contribution in [2.75, 3.05) is 0 Å². The normalized spacial score (nSPS) is 23.6. The summed E-state index contributed by atoms with van der Waals surface area (Å²) >= 11 is 0.